The number of anilines is 1. The summed E-state index contributed by atoms with van der Waals surface area (Å²) in [5.74, 6) is 0.428. The van der Waals surface area contributed by atoms with Gasteiger partial charge in [-0.05, 0) is 55.8 Å². The smallest absolute Gasteiger partial charge is 0.291 e. The van der Waals surface area contributed by atoms with Gasteiger partial charge in [-0.3, -0.25) is 4.79 Å². The van der Waals surface area contributed by atoms with Gasteiger partial charge in [0.15, 0.2) is 23.3 Å². The van der Waals surface area contributed by atoms with Crippen molar-refractivity contribution in [3.8, 4) is 5.75 Å². The molecule has 32 heavy (non-hydrogen) atoms. The van der Waals surface area contributed by atoms with Crippen molar-refractivity contribution in [1.82, 2.24) is 10.6 Å². The molecular formula is C24H27FN4O3. The Kier molecular flexibility index (Phi) is 8.25. The Balaban J connectivity index is 1.51. The van der Waals surface area contributed by atoms with Gasteiger partial charge in [0.1, 0.15) is 6.10 Å². The average molecular weight is 439 g/mol. The summed E-state index contributed by atoms with van der Waals surface area (Å²) in [6, 6.07) is 17.0. The molecular weight excluding hydrogens is 411 g/mol. The van der Waals surface area contributed by atoms with Crippen LogP contribution in [0.3, 0.4) is 0 Å². The summed E-state index contributed by atoms with van der Waals surface area (Å²) in [5.41, 5.74) is 1.65. The van der Waals surface area contributed by atoms with Crippen LogP contribution in [0.4, 0.5) is 10.1 Å². The van der Waals surface area contributed by atoms with Crippen LogP contribution in [0.25, 0.3) is 0 Å². The van der Waals surface area contributed by atoms with Crippen LogP contribution in [0, 0.1) is 5.82 Å². The van der Waals surface area contributed by atoms with Gasteiger partial charge < -0.3 is 25.1 Å². The number of furan rings is 1. The summed E-state index contributed by atoms with van der Waals surface area (Å²) in [4.78, 5) is 16.6. The monoisotopic (exact) mass is 438 g/mol. The lowest BCUT2D eigenvalue weighted by Gasteiger charge is -2.18. The molecule has 0 bridgehead atoms. The molecule has 1 amide bonds. The molecule has 0 radical (unpaired) electrons. The maximum atomic E-state index is 13.7. The van der Waals surface area contributed by atoms with E-state index in [1.807, 2.05) is 38.1 Å². The van der Waals surface area contributed by atoms with E-state index in [1.54, 1.807) is 30.3 Å². The van der Waals surface area contributed by atoms with Crippen molar-refractivity contribution >= 4 is 17.6 Å². The molecule has 0 spiro atoms. The third-order valence-corrected chi connectivity index (χ3v) is 4.44. The molecule has 0 saturated carbocycles. The van der Waals surface area contributed by atoms with Crippen LogP contribution in [-0.4, -0.2) is 31.1 Å². The minimum absolute atomic E-state index is 0.225. The number of para-hydroxylation sites is 1. The summed E-state index contributed by atoms with van der Waals surface area (Å²) in [6.45, 7) is 5.44. The Morgan fingerprint density at radius 2 is 1.88 bits per heavy atom. The molecule has 1 atom stereocenters. The molecule has 0 aliphatic carbocycles. The predicted molar refractivity (Wildman–Crippen MR) is 122 cm³/mol. The van der Waals surface area contributed by atoms with E-state index in [9.17, 15) is 9.18 Å². The first-order chi connectivity index (χ1) is 15.5. The Hall–Kier alpha value is -3.81. The molecule has 7 nitrogen and oxygen atoms in total. The number of carbonyl (C=O) groups is 1. The van der Waals surface area contributed by atoms with Crippen molar-refractivity contribution in [2.24, 2.45) is 4.99 Å². The molecule has 3 aromatic rings. The number of hydrogen-bond acceptors (Lipinski definition) is 4. The standard InChI is InChI=1S/C24H27FN4O3/c1-3-26-24(27-15-17(2)32-21-8-5-4-7-20(21)25)28-16-18-10-12-19(13-11-18)29-23(30)22-9-6-14-31-22/h4-14,17H,3,15-16H2,1-2H3,(H,29,30)(H2,26,27,28). The third kappa shape index (κ3) is 6.87. The number of benzene rings is 2. The second kappa shape index (κ2) is 11.5. The van der Waals surface area contributed by atoms with Crippen LogP contribution in [0.1, 0.15) is 30.0 Å². The molecule has 8 heteroatoms. The topological polar surface area (TPSA) is 87.9 Å². The molecule has 3 N–H and O–H groups in total. The molecule has 1 unspecified atom stereocenters. The van der Waals surface area contributed by atoms with E-state index in [0.717, 1.165) is 5.56 Å². The van der Waals surface area contributed by atoms with Crippen molar-refractivity contribution < 1.29 is 18.3 Å². The SMILES string of the molecule is CCNC(=NCc1ccc(NC(=O)c2ccco2)cc1)NCC(C)Oc1ccccc1F. The highest BCUT2D eigenvalue weighted by Crippen LogP contribution is 2.17. The lowest BCUT2D eigenvalue weighted by molar-refractivity contribution is 0.0996. The largest absolute Gasteiger partial charge is 0.486 e. The number of carbonyl (C=O) groups excluding carboxylic acids is 1. The van der Waals surface area contributed by atoms with E-state index >= 15 is 0 Å². The van der Waals surface area contributed by atoms with E-state index < -0.39 is 0 Å². The first kappa shape index (κ1) is 22.9. The zero-order valence-corrected chi connectivity index (χ0v) is 18.1. The van der Waals surface area contributed by atoms with Gasteiger partial charge in [0.25, 0.3) is 5.91 Å². The van der Waals surface area contributed by atoms with Crippen LogP contribution < -0.4 is 20.7 Å². The highest BCUT2D eigenvalue weighted by atomic mass is 19.1. The second-order valence-electron chi connectivity index (χ2n) is 7.06. The Morgan fingerprint density at radius 1 is 1.09 bits per heavy atom. The van der Waals surface area contributed by atoms with Crippen molar-refractivity contribution in [2.45, 2.75) is 26.5 Å². The normalized spacial score (nSPS) is 12.2. The fraction of sp³-hybridized carbons (Fsp3) is 0.250. The molecule has 3 rings (SSSR count). The molecule has 0 saturated heterocycles. The number of guanidine groups is 1. The predicted octanol–water partition coefficient (Wildman–Crippen LogP) is 4.19. The van der Waals surface area contributed by atoms with Crippen molar-refractivity contribution in [2.75, 3.05) is 18.4 Å². The maximum Gasteiger partial charge on any atom is 0.291 e. The summed E-state index contributed by atoms with van der Waals surface area (Å²) >= 11 is 0. The lowest BCUT2D eigenvalue weighted by atomic mass is 10.2. The molecule has 168 valence electrons. The fourth-order valence-corrected chi connectivity index (χ4v) is 2.85. The Bertz CT molecular complexity index is 1020. The van der Waals surface area contributed by atoms with Gasteiger partial charge in [0, 0.05) is 12.2 Å². The van der Waals surface area contributed by atoms with Crippen LogP contribution in [0.15, 0.2) is 76.3 Å². The van der Waals surface area contributed by atoms with Crippen molar-refractivity contribution in [3.63, 3.8) is 0 Å². The van der Waals surface area contributed by atoms with Crippen LogP contribution in [0.2, 0.25) is 0 Å². The number of ether oxygens (including phenoxy) is 1. The molecule has 0 fully saturated rings. The Morgan fingerprint density at radius 3 is 2.56 bits per heavy atom. The number of rotatable bonds is 9. The molecule has 2 aromatic carbocycles. The summed E-state index contributed by atoms with van der Waals surface area (Å²) in [6.07, 6.45) is 1.20. The number of amides is 1. The first-order valence-corrected chi connectivity index (χ1v) is 10.4. The van der Waals surface area contributed by atoms with Gasteiger partial charge in [0.2, 0.25) is 0 Å². The average Bonchev–Trinajstić information content (AvgIpc) is 3.33. The minimum atomic E-state index is -0.385. The van der Waals surface area contributed by atoms with E-state index in [-0.39, 0.29) is 29.3 Å². The molecule has 1 heterocycles. The number of aliphatic imine (C=N–C) groups is 1. The number of hydrogen-bond donors (Lipinski definition) is 3. The summed E-state index contributed by atoms with van der Waals surface area (Å²) < 4.78 is 24.5. The van der Waals surface area contributed by atoms with Gasteiger partial charge in [0.05, 0.1) is 19.4 Å². The van der Waals surface area contributed by atoms with Gasteiger partial charge in [-0.25, -0.2) is 9.38 Å². The fourth-order valence-electron chi connectivity index (χ4n) is 2.85. The number of nitrogens with zero attached hydrogens (tertiary/aromatic N) is 1. The molecule has 0 aliphatic rings. The van der Waals surface area contributed by atoms with E-state index in [4.69, 9.17) is 9.15 Å². The zero-order chi connectivity index (χ0) is 22.8. The van der Waals surface area contributed by atoms with Gasteiger partial charge in [-0.1, -0.05) is 24.3 Å². The van der Waals surface area contributed by atoms with E-state index in [1.165, 1.54) is 12.3 Å². The van der Waals surface area contributed by atoms with Crippen molar-refractivity contribution in [3.05, 3.63) is 84.1 Å². The van der Waals surface area contributed by atoms with Gasteiger partial charge in [-0.15, -0.1) is 0 Å². The summed E-state index contributed by atoms with van der Waals surface area (Å²) in [7, 11) is 0. The minimum Gasteiger partial charge on any atom is -0.486 e. The molecule has 0 aliphatic heterocycles. The molecule has 1 aromatic heterocycles. The van der Waals surface area contributed by atoms with E-state index in [0.29, 0.717) is 31.3 Å². The number of nitrogens with one attached hydrogen (secondary N) is 3. The zero-order valence-electron chi connectivity index (χ0n) is 18.1. The lowest BCUT2D eigenvalue weighted by Crippen LogP contribution is -2.41. The number of halogens is 1. The van der Waals surface area contributed by atoms with Crippen LogP contribution >= 0.6 is 0 Å². The first-order valence-electron chi connectivity index (χ1n) is 10.4. The van der Waals surface area contributed by atoms with Crippen LogP contribution in [-0.2, 0) is 6.54 Å². The van der Waals surface area contributed by atoms with Gasteiger partial charge in [-0.2, -0.15) is 0 Å². The highest BCUT2D eigenvalue weighted by molar-refractivity contribution is 6.02. The quantitative estimate of drug-likeness (QED) is 0.344. The van der Waals surface area contributed by atoms with E-state index in [2.05, 4.69) is 20.9 Å². The highest BCUT2D eigenvalue weighted by Gasteiger charge is 2.10. The van der Waals surface area contributed by atoms with Crippen molar-refractivity contribution in [1.29, 1.82) is 0 Å². The maximum absolute atomic E-state index is 13.7. The Labute approximate surface area is 186 Å². The summed E-state index contributed by atoms with van der Waals surface area (Å²) in [5, 5.41) is 9.17. The van der Waals surface area contributed by atoms with Crippen LogP contribution in [0.5, 0.6) is 5.75 Å². The second-order valence-corrected chi connectivity index (χ2v) is 7.06. The van der Waals surface area contributed by atoms with Gasteiger partial charge >= 0.3 is 0 Å². The third-order valence-electron chi connectivity index (χ3n) is 4.44.